The van der Waals surface area contributed by atoms with E-state index in [4.69, 9.17) is 5.26 Å². The molecule has 2 aliphatic rings. The number of hydrogen-bond donors (Lipinski definition) is 2. The molecule has 3 nitrogen and oxygen atoms in total. The van der Waals surface area contributed by atoms with Gasteiger partial charge in [0.05, 0.1) is 23.3 Å². The molecule has 2 fully saturated rings. The average Bonchev–Trinajstić information content (AvgIpc) is 2.49. The van der Waals surface area contributed by atoms with E-state index < -0.39 is 5.60 Å². The van der Waals surface area contributed by atoms with Gasteiger partial charge in [-0.3, -0.25) is 0 Å². The zero-order valence-corrected chi connectivity index (χ0v) is 11.8. The number of fused-ring (bicyclic) bond motifs is 1. The minimum atomic E-state index is -0.537. The van der Waals surface area contributed by atoms with Crippen LogP contribution in [0.4, 0.5) is 5.69 Å². The van der Waals surface area contributed by atoms with Crippen molar-refractivity contribution in [2.75, 3.05) is 5.32 Å². The Bertz CT molecular complexity index is 503. The van der Waals surface area contributed by atoms with E-state index in [1.165, 1.54) is 25.7 Å². The zero-order chi connectivity index (χ0) is 14.0. The molecular weight excluding hydrogens is 248 g/mol. The Kier molecular flexibility index (Phi) is 3.67. The third-order valence-corrected chi connectivity index (χ3v) is 5.09. The molecule has 3 atom stereocenters. The number of rotatable bonds is 2. The summed E-state index contributed by atoms with van der Waals surface area (Å²) >= 11 is 0. The fourth-order valence-corrected chi connectivity index (χ4v) is 3.96. The topological polar surface area (TPSA) is 56.0 Å². The van der Waals surface area contributed by atoms with E-state index >= 15 is 0 Å². The maximum Gasteiger partial charge on any atom is 0.0991 e. The summed E-state index contributed by atoms with van der Waals surface area (Å²) < 4.78 is 0. The van der Waals surface area contributed by atoms with E-state index in [2.05, 4.69) is 11.4 Å². The second kappa shape index (κ2) is 5.46. The van der Waals surface area contributed by atoms with Crippen molar-refractivity contribution in [3.63, 3.8) is 0 Å². The van der Waals surface area contributed by atoms with Crippen LogP contribution in [0.1, 0.15) is 50.5 Å². The Morgan fingerprint density at radius 2 is 1.85 bits per heavy atom. The summed E-state index contributed by atoms with van der Waals surface area (Å²) in [4.78, 5) is 0. The van der Waals surface area contributed by atoms with Crippen LogP contribution in [-0.2, 0) is 0 Å². The number of nitrogens with zero attached hydrogens (tertiary/aromatic N) is 1. The maximum absolute atomic E-state index is 11.1. The van der Waals surface area contributed by atoms with E-state index in [0.717, 1.165) is 24.9 Å². The van der Waals surface area contributed by atoms with Crippen molar-refractivity contribution < 1.29 is 5.11 Å². The highest BCUT2D eigenvalue weighted by atomic mass is 16.3. The van der Waals surface area contributed by atoms with E-state index in [-0.39, 0.29) is 6.04 Å². The van der Waals surface area contributed by atoms with Crippen LogP contribution in [0.25, 0.3) is 0 Å². The zero-order valence-electron chi connectivity index (χ0n) is 11.8. The molecule has 0 aromatic heterocycles. The Morgan fingerprint density at radius 3 is 2.60 bits per heavy atom. The van der Waals surface area contributed by atoms with Gasteiger partial charge in [0.2, 0.25) is 0 Å². The van der Waals surface area contributed by atoms with Crippen molar-refractivity contribution in [3.8, 4) is 6.07 Å². The second-order valence-electron chi connectivity index (χ2n) is 6.25. The van der Waals surface area contributed by atoms with Gasteiger partial charge in [-0.15, -0.1) is 0 Å². The number of nitriles is 1. The predicted molar refractivity (Wildman–Crippen MR) is 79.3 cm³/mol. The molecule has 0 spiro atoms. The number of nitrogens with one attached hydrogen (secondary N) is 1. The Labute approximate surface area is 120 Å². The lowest BCUT2D eigenvalue weighted by Gasteiger charge is -2.49. The summed E-state index contributed by atoms with van der Waals surface area (Å²) in [5.41, 5.74) is 1.15. The molecule has 2 N–H and O–H groups in total. The van der Waals surface area contributed by atoms with Crippen LogP contribution in [-0.4, -0.2) is 16.7 Å². The van der Waals surface area contributed by atoms with Gasteiger partial charge < -0.3 is 10.4 Å². The highest BCUT2D eigenvalue weighted by molar-refractivity contribution is 5.48. The van der Waals surface area contributed by atoms with Crippen LogP contribution in [0.15, 0.2) is 24.3 Å². The fraction of sp³-hybridized carbons (Fsp3) is 0.588. The molecule has 3 rings (SSSR count). The van der Waals surface area contributed by atoms with Gasteiger partial charge in [-0.05, 0) is 55.9 Å². The van der Waals surface area contributed by atoms with Crippen molar-refractivity contribution in [2.24, 2.45) is 5.92 Å². The first-order valence-electron chi connectivity index (χ1n) is 7.71. The quantitative estimate of drug-likeness (QED) is 0.865. The number of aliphatic hydroxyl groups is 1. The third-order valence-electron chi connectivity index (χ3n) is 5.09. The monoisotopic (exact) mass is 270 g/mol. The summed E-state index contributed by atoms with van der Waals surface area (Å²) in [7, 11) is 0. The molecule has 0 saturated heterocycles. The lowest BCUT2D eigenvalue weighted by molar-refractivity contribution is -0.0835. The largest absolute Gasteiger partial charge is 0.387 e. The van der Waals surface area contributed by atoms with Crippen LogP contribution in [0.3, 0.4) is 0 Å². The average molecular weight is 270 g/mol. The van der Waals surface area contributed by atoms with E-state index in [1.54, 1.807) is 0 Å². The number of hydrogen-bond acceptors (Lipinski definition) is 3. The van der Waals surface area contributed by atoms with E-state index in [9.17, 15) is 5.11 Å². The molecule has 2 saturated carbocycles. The lowest BCUT2D eigenvalue weighted by atomic mass is 9.65. The fourth-order valence-electron chi connectivity index (χ4n) is 3.96. The SMILES string of the molecule is N#Cc1ccc(N[C@@H]2CCC[C@@H]3CCCC[C@@]32O)cc1. The molecule has 0 amide bonds. The van der Waals surface area contributed by atoms with Gasteiger partial charge in [-0.25, -0.2) is 0 Å². The molecule has 0 bridgehead atoms. The first-order chi connectivity index (χ1) is 9.72. The van der Waals surface area contributed by atoms with Crippen LogP contribution < -0.4 is 5.32 Å². The van der Waals surface area contributed by atoms with E-state index in [0.29, 0.717) is 11.5 Å². The van der Waals surface area contributed by atoms with Crippen LogP contribution in [0.2, 0.25) is 0 Å². The first kappa shape index (κ1) is 13.5. The minimum Gasteiger partial charge on any atom is -0.387 e. The van der Waals surface area contributed by atoms with Crippen molar-refractivity contribution in [1.29, 1.82) is 5.26 Å². The van der Waals surface area contributed by atoms with Crippen molar-refractivity contribution in [1.82, 2.24) is 0 Å². The van der Waals surface area contributed by atoms with Gasteiger partial charge in [0.1, 0.15) is 0 Å². The molecule has 0 aliphatic heterocycles. The normalized spacial score (nSPS) is 33.0. The maximum atomic E-state index is 11.1. The number of benzene rings is 1. The summed E-state index contributed by atoms with van der Waals surface area (Å²) in [6, 6.07) is 9.81. The van der Waals surface area contributed by atoms with Gasteiger partial charge in [-0.1, -0.05) is 19.3 Å². The highest BCUT2D eigenvalue weighted by Crippen LogP contribution is 2.44. The molecule has 0 radical (unpaired) electrons. The van der Waals surface area contributed by atoms with Crippen LogP contribution >= 0.6 is 0 Å². The summed E-state index contributed by atoms with van der Waals surface area (Å²) in [5.74, 6) is 0.459. The standard InChI is InChI=1S/C17H22N2O/c18-12-13-7-9-15(10-8-13)19-16-6-3-5-14-4-1-2-11-17(14,16)20/h7-10,14,16,19-20H,1-6,11H2/t14-,16+,17+/m0/s1. The molecular formula is C17H22N2O. The third kappa shape index (κ3) is 2.41. The molecule has 1 aromatic carbocycles. The molecule has 2 aliphatic carbocycles. The molecule has 0 unspecified atom stereocenters. The van der Waals surface area contributed by atoms with Crippen molar-refractivity contribution in [3.05, 3.63) is 29.8 Å². The van der Waals surface area contributed by atoms with Crippen molar-refractivity contribution >= 4 is 5.69 Å². The number of anilines is 1. The Hall–Kier alpha value is -1.53. The Balaban J connectivity index is 1.76. The van der Waals surface area contributed by atoms with Crippen LogP contribution in [0, 0.1) is 17.2 Å². The lowest BCUT2D eigenvalue weighted by Crippen LogP contribution is -2.56. The predicted octanol–water partition coefficient (Wildman–Crippen LogP) is 3.44. The van der Waals surface area contributed by atoms with Gasteiger partial charge >= 0.3 is 0 Å². The molecule has 0 heterocycles. The van der Waals surface area contributed by atoms with E-state index in [1.807, 2.05) is 24.3 Å². The molecule has 1 aromatic rings. The smallest absolute Gasteiger partial charge is 0.0991 e. The van der Waals surface area contributed by atoms with Crippen LogP contribution in [0.5, 0.6) is 0 Å². The first-order valence-corrected chi connectivity index (χ1v) is 7.71. The van der Waals surface area contributed by atoms with Gasteiger partial charge in [0, 0.05) is 5.69 Å². The highest BCUT2D eigenvalue weighted by Gasteiger charge is 2.47. The van der Waals surface area contributed by atoms with Gasteiger partial charge in [0.15, 0.2) is 0 Å². The summed E-state index contributed by atoms with van der Waals surface area (Å²) in [5, 5.41) is 23.4. The van der Waals surface area contributed by atoms with Gasteiger partial charge in [-0.2, -0.15) is 5.26 Å². The summed E-state index contributed by atoms with van der Waals surface area (Å²) in [6.45, 7) is 0. The molecule has 20 heavy (non-hydrogen) atoms. The van der Waals surface area contributed by atoms with Gasteiger partial charge in [0.25, 0.3) is 0 Å². The second-order valence-corrected chi connectivity index (χ2v) is 6.25. The molecule has 3 heteroatoms. The Morgan fingerprint density at radius 1 is 1.10 bits per heavy atom. The molecule has 106 valence electrons. The minimum absolute atomic E-state index is 0.148. The summed E-state index contributed by atoms with van der Waals surface area (Å²) in [6.07, 6.45) is 7.89. The van der Waals surface area contributed by atoms with Crippen molar-refractivity contribution in [2.45, 2.75) is 56.6 Å².